The Hall–Kier alpha value is -1.53. The summed E-state index contributed by atoms with van der Waals surface area (Å²) in [7, 11) is -5.86. The molecule has 11 heteroatoms. The monoisotopic (exact) mass is 487 g/mol. The summed E-state index contributed by atoms with van der Waals surface area (Å²) in [6.07, 6.45) is 2.08. The van der Waals surface area contributed by atoms with Gasteiger partial charge in [0.15, 0.2) is 0 Å². The average Bonchev–Trinajstić information content (AvgIpc) is 3.29. The summed E-state index contributed by atoms with van der Waals surface area (Å²) in [5.74, 6) is -0.401. The number of nitrogens with zero attached hydrogens (tertiary/aromatic N) is 3. The van der Waals surface area contributed by atoms with Crippen LogP contribution in [0.25, 0.3) is 0 Å². The molecule has 2 atom stereocenters. The molecule has 0 spiro atoms. The van der Waals surface area contributed by atoms with E-state index in [2.05, 4.69) is 0 Å². The molecule has 0 unspecified atom stereocenters. The Morgan fingerprint density at radius 1 is 1.00 bits per heavy atom. The molecule has 2 heterocycles. The highest BCUT2D eigenvalue weighted by molar-refractivity contribution is 7.89. The van der Waals surface area contributed by atoms with Crippen LogP contribution in [0.4, 0.5) is 0 Å². The van der Waals surface area contributed by atoms with E-state index in [1.165, 1.54) is 32.9 Å². The number of sulfonamides is 2. The predicted octanol–water partition coefficient (Wildman–Crippen LogP) is 1.37. The van der Waals surface area contributed by atoms with Crippen LogP contribution in [-0.2, 0) is 29.6 Å². The minimum Gasteiger partial charge on any atom is -0.380 e. The molecule has 9 nitrogen and oxygen atoms in total. The van der Waals surface area contributed by atoms with Gasteiger partial charge in [-0.1, -0.05) is 13.8 Å². The molecule has 2 fully saturated rings. The van der Waals surface area contributed by atoms with E-state index in [-0.39, 0.29) is 34.3 Å². The highest BCUT2D eigenvalue weighted by Crippen LogP contribution is 2.27. The van der Waals surface area contributed by atoms with E-state index in [0.717, 1.165) is 6.42 Å². The summed E-state index contributed by atoms with van der Waals surface area (Å²) in [5, 5.41) is 0. The van der Waals surface area contributed by atoms with Crippen LogP contribution in [0.2, 0.25) is 0 Å². The van der Waals surface area contributed by atoms with Gasteiger partial charge in [-0.05, 0) is 43.5 Å². The summed E-state index contributed by atoms with van der Waals surface area (Å²) in [4.78, 5) is 14.8. The third-order valence-electron chi connectivity index (χ3n) is 6.33. The number of benzene rings is 1. The number of carbonyl (C=O) groups is 1. The molecular formula is C21H33N3O6S2. The van der Waals surface area contributed by atoms with E-state index in [1.807, 2.05) is 0 Å². The summed E-state index contributed by atoms with van der Waals surface area (Å²) in [6.45, 7) is 5.83. The summed E-state index contributed by atoms with van der Waals surface area (Å²) in [5.41, 5.74) is 0. The van der Waals surface area contributed by atoms with Gasteiger partial charge in [-0.25, -0.2) is 16.8 Å². The van der Waals surface area contributed by atoms with Gasteiger partial charge >= 0.3 is 0 Å². The standard InChI is InChI=1S/C21H33N3O6S2/c1-4-23(5-2)31(26,27)19-8-10-20(11-9-19)32(28,29)24-13-6-7-17(15-24)21(25)22-14-12-18(16-22)30-3/h8-11,17-18H,4-7,12-16H2,1-3H3/t17-,18-/m1/s1. The third-order valence-corrected chi connectivity index (χ3v) is 10.3. The maximum atomic E-state index is 13.2. The Kier molecular flexibility index (Phi) is 7.97. The van der Waals surface area contributed by atoms with Gasteiger partial charge in [0.1, 0.15) is 0 Å². The molecule has 0 aromatic heterocycles. The number of hydrogen-bond donors (Lipinski definition) is 0. The molecule has 0 radical (unpaired) electrons. The van der Waals surface area contributed by atoms with Crippen LogP contribution in [0.15, 0.2) is 34.1 Å². The second-order valence-electron chi connectivity index (χ2n) is 8.19. The Morgan fingerprint density at radius 2 is 1.62 bits per heavy atom. The Labute approximate surface area is 191 Å². The van der Waals surface area contributed by atoms with Gasteiger partial charge in [0.05, 0.1) is 21.8 Å². The lowest BCUT2D eigenvalue weighted by Gasteiger charge is -2.33. The van der Waals surface area contributed by atoms with E-state index in [1.54, 1.807) is 25.9 Å². The molecule has 0 N–H and O–H groups in total. The topological polar surface area (TPSA) is 104 Å². The zero-order valence-electron chi connectivity index (χ0n) is 18.9. The van der Waals surface area contributed by atoms with E-state index in [9.17, 15) is 21.6 Å². The zero-order chi connectivity index (χ0) is 23.5. The van der Waals surface area contributed by atoms with E-state index >= 15 is 0 Å². The molecule has 0 aliphatic carbocycles. The Balaban J connectivity index is 1.74. The Morgan fingerprint density at radius 3 is 2.19 bits per heavy atom. The summed E-state index contributed by atoms with van der Waals surface area (Å²) < 4.78 is 59.7. The first-order valence-electron chi connectivity index (χ1n) is 11.1. The Bertz CT molecular complexity index is 1010. The van der Waals surface area contributed by atoms with Crippen molar-refractivity contribution >= 4 is 26.0 Å². The quantitative estimate of drug-likeness (QED) is 0.549. The molecule has 1 amide bonds. The highest BCUT2D eigenvalue weighted by Gasteiger charge is 2.37. The first kappa shape index (κ1) is 25.1. The SMILES string of the molecule is CCN(CC)S(=O)(=O)c1ccc(S(=O)(=O)N2CCC[C@@H](C(=O)N3CC[C@@H](OC)C3)C2)cc1. The smallest absolute Gasteiger partial charge is 0.243 e. The maximum absolute atomic E-state index is 13.2. The molecule has 2 aliphatic heterocycles. The van der Waals surface area contributed by atoms with Crippen LogP contribution in [-0.4, -0.2) is 88.7 Å². The van der Waals surface area contributed by atoms with Gasteiger partial charge in [-0.3, -0.25) is 4.79 Å². The molecule has 2 aliphatic rings. The van der Waals surface area contributed by atoms with Crippen molar-refractivity contribution in [2.24, 2.45) is 5.92 Å². The van der Waals surface area contributed by atoms with Crippen LogP contribution in [0.1, 0.15) is 33.1 Å². The van der Waals surface area contributed by atoms with E-state index in [4.69, 9.17) is 4.74 Å². The largest absolute Gasteiger partial charge is 0.380 e. The molecule has 32 heavy (non-hydrogen) atoms. The van der Waals surface area contributed by atoms with E-state index in [0.29, 0.717) is 45.6 Å². The first-order valence-corrected chi connectivity index (χ1v) is 13.9. The number of piperidine rings is 1. The minimum atomic E-state index is -3.83. The predicted molar refractivity (Wildman–Crippen MR) is 120 cm³/mol. The summed E-state index contributed by atoms with van der Waals surface area (Å²) >= 11 is 0. The van der Waals surface area contributed by atoms with Crippen molar-refractivity contribution < 1.29 is 26.4 Å². The van der Waals surface area contributed by atoms with Crippen LogP contribution in [0.5, 0.6) is 0 Å². The number of methoxy groups -OCH3 is 1. The van der Waals surface area contributed by atoms with Crippen molar-refractivity contribution in [3.8, 4) is 0 Å². The molecule has 3 rings (SSSR count). The zero-order valence-corrected chi connectivity index (χ0v) is 20.6. The van der Waals surface area contributed by atoms with Crippen molar-refractivity contribution in [1.82, 2.24) is 13.5 Å². The van der Waals surface area contributed by atoms with Gasteiger partial charge in [-0.15, -0.1) is 0 Å². The van der Waals surface area contributed by atoms with Crippen molar-refractivity contribution in [2.45, 2.75) is 49.0 Å². The lowest BCUT2D eigenvalue weighted by molar-refractivity contribution is -0.136. The number of likely N-dealkylation sites (tertiary alicyclic amines) is 1. The fourth-order valence-corrected chi connectivity index (χ4v) is 7.37. The van der Waals surface area contributed by atoms with Gasteiger partial charge in [0.25, 0.3) is 0 Å². The highest BCUT2D eigenvalue weighted by atomic mass is 32.2. The van der Waals surface area contributed by atoms with Crippen molar-refractivity contribution in [2.75, 3.05) is 46.4 Å². The van der Waals surface area contributed by atoms with Crippen LogP contribution < -0.4 is 0 Å². The second-order valence-corrected chi connectivity index (χ2v) is 12.1. The molecular weight excluding hydrogens is 454 g/mol. The number of ether oxygens (including phenoxy) is 1. The van der Waals surface area contributed by atoms with Gasteiger partial charge in [-0.2, -0.15) is 8.61 Å². The number of hydrogen-bond acceptors (Lipinski definition) is 6. The summed E-state index contributed by atoms with van der Waals surface area (Å²) in [6, 6.07) is 5.34. The fourth-order valence-electron chi connectivity index (χ4n) is 4.39. The first-order chi connectivity index (χ1) is 15.1. The third kappa shape index (κ3) is 5.01. The molecule has 1 aromatic rings. The van der Waals surface area contributed by atoms with Crippen molar-refractivity contribution in [1.29, 1.82) is 0 Å². The van der Waals surface area contributed by atoms with Crippen molar-refractivity contribution in [3.05, 3.63) is 24.3 Å². The van der Waals surface area contributed by atoms with Crippen LogP contribution in [0.3, 0.4) is 0 Å². The normalized spacial score (nSPS) is 23.1. The number of amides is 1. The van der Waals surface area contributed by atoms with Crippen LogP contribution in [0, 0.1) is 5.92 Å². The maximum Gasteiger partial charge on any atom is 0.243 e. The molecule has 2 saturated heterocycles. The molecule has 0 bridgehead atoms. The molecule has 1 aromatic carbocycles. The average molecular weight is 488 g/mol. The van der Waals surface area contributed by atoms with Gasteiger partial charge in [0, 0.05) is 46.4 Å². The van der Waals surface area contributed by atoms with Gasteiger partial charge in [0.2, 0.25) is 26.0 Å². The second kappa shape index (κ2) is 10.2. The lowest BCUT2D eigenvalue weighted by Crippen LogP contribution is -2.46. The molecule has 0 saturated carbocycles. The van der Waals surface area contributed by atoms with Crippen molar-refractivity contribution in [3.63, 3.8) is 0 Å². The van der Waals surface area contributed by atoms with Crippen LogP contribution >= 0.6 is 0 Å². The van der Waals surface area contributed by atoms with Gasteiger partial charge < -0.3 is 9.64 Å². The number of carbonyl (C=O) groups excluding carboxylic acids is 1. The fraction of sp³-hybridized carbons (Fsp3) is 0.667. The number of rotatable bonds is 8. The van der Waals surface area contributed by atoms with E-state index < -0.39 is 20.0 Å². The lowest BCUT2D eigenvalue weighted by atomic mass is 9.98. The molecule has 180 valence electrons. The minimum absolute atomic E-state index is 0.0230.